The van der Waals surface area contributed by atoms with Gasteiger partial charge in [0.1, 0.15) is 0 Å². The molecule has 1 amide bonds. The van der Waals surface area contributed by atoms with E-state index in [1.165, 1.54) is 6.07 Å². The number of rotatable bonds is 4. The van der Waals surface area contributed by atoms with Crippen molar-refractivity contribution in [3.05, 3.63) is 61.6 Å². The Hall–Kier alpha value is -2.28. The molecule has 1 N–H and O–H groups in total. The van der Waals surface area contributed by atoms with E-state index in [-0.39, 0.29) is 11.6 Å². The lowest BCUT2D eigenvalue weighted by Crippen LogP contribution is -2.26. The summed E-state index contributed by atoms with van der Waals surface area (Å²) in [4.78, 5) is 24.0. The van der Waals surface area contributed by atoms with Crippen LogP contribution in [0.3, 0.4) is 0 Å². The zero-order valence-electron chi connectivity index (χ0n) is 11.4. The molecule has 0 saturated carbocycles. The maximum atomic E-state index is 13.2. The Labute approximate surface area is 124 Å². The van der Waals surface area contributed by atoms with Gasteiger partial charge in [-0.05, 0) is 38.1 Å². The first kappa shape index (κ1) is 15.1. The van der Waals surface area contributed by atoms with E-state index in [1.54, 1.807) is 11.3 Å². The van der Waals surface area contributed by atoms with Gasteiger partial charge >= 0.3 is 5.69 Å². The molecule has 0 radical (unpaired) electrons. The second-order valence-electron chi connectivity index (χ2n) is 4.57. The van der Waals surface area contributed by atoms with Gasteiger partial charge < -0.3 is 5.32 Å². The second-order valence-corrected chi connectivity index (χ2v) is 5.89. The van der Waals surface area contributed by atoms with Gasteiger partial charge in [-0.15, -0.1) is 11.3 Å². The van der Waals surface area contributed by atoms with E-state index in [9.17, 15) is 19.3 Å². The van der Waals surface area contributed by atoms with Gasteiger partial charge in [-0.2, -0.15) is 4.39 Å². The molecule has 1 unspecified atom stereocenters. The molecular weight excluding hydrogens is 295 g/mol. The van der Waals surface area contributed by atoms with Crippen LogP contribution < -0.4 is 5.32 Å². The van der Waals surface area contributed by atoms with Crippen molar-refractivity contribution in [3.8, 4) is 0 Å². The molecule has 1 aromatic carbocycles. The molecule has 0 spiro atoms. The summed E-state index contributed by atoms with van der Waals surface area (Å²) >= 11 is 1.56. The molecular formula is C14H13FN2O3S. The number of nitrogens with zero attached hydrogens (tertiary/aromatic N) is 1. The quantitative estimate of drug-likeness (QED) is 0.693. The van der Waals surface area contributed by atoms with Crippen molar-refractivity contribution in [3.63, 3.8) is 0 Å². The lowest BCUT2D eigenvalue weighted by molar-refractivity contribution is -0.387. The highest BCUT2D eigenvalue weighted by Gasteiger charge is 2.19. The third kappa shape index (κ3) is 3.43. The largest absolute Gasteiger partial charge is 0.345 e. The second kappa shape index (κ2) is 6.01. The van der Waals surface area contributed by atoms with Gasteiger partial charge in [-0.3, -0.25) is 14.9 Å². The number of amides is 1. The average molecular weight is 308 g/mol. The third-order valence-corrected chi connectivity index (χ3v) is 4.12. The van der Waals surface area contributed by atoms with Crippen LogP contribution in [0.4, 0.5) is 10.1 Å². The van der Waals surface area contributed by atoms with E-state index in [0.29, 0.717) is 0 Å². The Balaban J connectivity index is 2.17. The van der Waals surface area contributed by atoms with Crippen molar-refractivity contribution < 1.29 is 14.1 Å². The molecule has 0 aliphatic rings. The Morgan fingerprint density at radius 1 is 1.38 bits per heavy atom. The SMILES string of the molecule is Cc1ccc(C(C)NC(=O)c2ccc(F)c([N+](=O)[O-])c2)s1. The fourth-order valence-electron chi connectivity index (χ4n) is 1.83. The van der Waals surface area contributed by atoms with Crippen LogP contribution in [0.2, 0.25) is 0 Å². The van der Waals surface area contributed by atoms with E-state index in [2.05, 4.69) is 5.32 Å². The van der Waals surface area contributed by atoms with Crippen LogP contribution in [0.15, 0.2) is 30.3 Å². The first-order valence-corrected chi connectivity index (χ1v) is 7.01. The van der Waals surface area contributed by atoms with Crippen molar-refractivity contribution >= 4 is 22.9 Å². The normalized spacial score (nSPS) is 12.0. The van der Waals surface area contributed by atoms with Crippen LogP contribution in [-0.4, -0.2) is 10.8 Å². The van der Waals surface area contributed by atoms with E-state index >= 15 is 0 Å². The summed E-state index contributed by atoms with van der Waals surface area (Å²) in [5.41, 5.74) is -0.648. The molecule has 1 heterocycles. The Morgan fingerprint density at radius 3 is 2.67 bits per heavy atom. The lowest BCUT2D eigenvalue weighted by atomic mass is 10.1. The summed E-state index contributed by atoms with van der Waals surface area (Å²) in [5.74, 6) is -1.44. The number of thiophene rings is 1. The van der Waals surface area contributed by atoms with Crippen LogP contribution in [0.5, 0.6) is 0 Å². The van der Waals surface area contributed by atoms with E-state index in [4.69, 9.17) is 0 Å². The maximum absolute atomic E-state index is 13.2. The number of carbonyl (C=O) groups excluding carboxylic acids is 1. The summed E-state index contributed by atoms with van der Waals surface area (Å²) in [6, 6.07) is 6.73. The monoisotopic (exact) mass is 308 g/mol. The standard InChI is InChI=1S/C14H13FN2O3S/c1-8-3-6-13(21-8)9(2)16-14(18)10-4-5-11(15)12(7-10)17(19)20/h3-7,9H,1-2H3,(H,16,18). The molecule has 2 aromatic rings. The molecule has 0 aliphatic carbocycles. The predicted octanol–water partition coefficient (Wildman–Crippen LogP) is 3.59. The molecule has 2 rings (SSSR count). The first-order valence-electron chi connectivity index (χ1n) is 6.19. The highest BCUT2D eigenvalue weighted by molar-refractivity contribution is 7.12. The van der Waals surface area contributed by atoms with Gasteiger partial charge in [0.15, 0.2) is 0 Å². The van der Waals surface area contributed by atoms with Crippen molar-refractivity contribution in [1.29, 1.82) is 0 Å². The number of benzene rings is 1. The zero-order chi connectivity index (χ0) is 15.6. The fourth-order valence-corrected chi connectivity index (χ4v) is 2.71. The molecule has 21 heavy (non-hydrogen) atoms. The number of carbonyl (C=O) groups is 1. The maximum Gasteiger partial charge on any atom is 0.305 e. The molecule has 0 fully saturated rings. The zero-order valence-corrected chi connectivity index (χ0v) is 12.2. The van der Waals surface area contributed by atoms with Gasteiger partial charge in [0, 0.05) is 21.4 Å². The summed E-state index contributed by atoms with van der Waals surface area (Å²) in [5, 5.41) is 13.4. The minimum atomic E-state index is -0.960. The number of nitro groups is 1. The number of aryl methyl sites for hydroxylation is 1. The Morgan fingerprint density at radius 2 is 2.10 bits per heavy atom. The molecule has 1 atom stereocenters. The number of halogens is 1. The van der Waals surface area contributed by atoms with Crippen molar-refractivity contribution in [1.82, 2.24) is 5.32 Å². The van der Waals surface area contributed by atoms with Gasteiger partial charge in [0.2, 0.25) is 5.82 Å². The van der Waals surface area contributed by atoms with Gasteiger partial charge in [0.05, 0.1) is 11.0 Å². The number of hydrogen-bond acceptors (Lipinski definition) is 4. The van der Waals surface area contributed by atoms with E-state index < -0.39 is 22.3 Å². The summed E-state index contributed by atoms with van der Waals surface area (Å²) in [6.07, 6.45) is 0. The van der Waals surface area contributed by atoms with Crippen LogP contribution in [0.25, 0.3) is 0 Å². The van der Waals surface area contributed by atoms with Crippen molar-refractivity contribution in [2.45, 2.75) is 19.9 Å². The highest BCUT2D eigenvalue weighted by atomic mass is 32.1. The molecule has 0 saturated heterocycles. The van der Waals surface area contributed by atoms with E-state index in [1.807, 2.05) is 26.0 Å². The van der Waals surface area contributed by atoms with Crippen LogP contribution in [0.1, 0.15) is 33.1 Å². The van der Waals surface area contributed by atoms with Gasteiger partial charge in [-0.1, -0.05) is 0 Å². The topological polar surface area (TPSA) is 72.2 Å². The molecule has 0 bridgehead atoms. The summed E-state index contributed by atoms with van der Waals surface area (Å²) < 4.78 is 13.2. The van der Waals surface area contributed by atoms with Crippen LogP contribution in [0, 0.1) is 22.9 Å². The smallest absolute Gasteiger partial charge is 0.305 e. The Bertz CT molecular complexity index is 699. The summed E-state index contributed by atoms with van der Waals surface area (Å²) in [7, 11) is 0. The van der Waals surface area contributed by atoms with Crippen molar-refractivity contribution in [2.75, 3.05) is 0 Å². The molecule has 5 nitrogen and oxygen atoms in total. The minimum absolute atomic E-state index is 0.0585. The average Bonchev–Trinajstić information content (AvgIpc) is 2.85. The first-order chi connectivity index (χ1) is 9.88. The third-order valence-electron chi connectivity index (χ3n) is 2.94. The number of nitrogens with one attached hydrogen (secondary N) is 1. The fraction of sp³-hybridized carbons (Fsp3) is 0.214. The van der Waals surface area contributed by atoms with Crippen molar-refractivity contribution in [2.24, 2.45) is 0 Å². The number of nitro benzene ring substituents is 1. The molecule has 1 aromatic heterocycles. The molecule has 110 valence electrons. The molecule has 7 heteroatoms. The Kier molecular flexibility index (Phi) is 4.32. The minimum Gasteiger partial charge on any atom is -0.345 e. The highest BCUT2D eigenvalue weighted by Crippen LogP contribution is 2.23. The summed E-state index contributed by atoms with van der Waals surface area (Å²) in [6.45, 7) is 3.78. The van der Waals surface area contributed by atoms with E-state index in [0.717, 1.165) is 21.9 Å². The predicted molar refractivity (Wildman–Crippen MR) is 78.0 cm³/mol. The van der Waals surface area contributed by atoms with Gasteiger partial charge in [0.25, 0.3) is 5.91 Å². The van der Waals surface area contributed by atoms with Crippen LogP contribution >= 0.6 is 11.3 Å². The number of hydrogen-bond donors (Lipinski definition) is 1. The molecule has 0 aliphatic heterocycles. The van der Waals surface area contributed by atoms with Crippen LogP contribution in [-0.2, 0) is 0 Å². The lowest BCUT2D eigenvalue weighted by Gasteiger charge is -2.12. The van der Waals surface area contributed by atoms with Gasteiger partial charge in [-0.25, -0.2) is 0 Å².